The third-order valence-corrected chi connectivity index (χ3v) is 5.44. The summed E-state index contributed by atoms with van der Waals surface area (Å²) in [5.74, 6) is 0.373. The first kappa shape index (κ1) is 14.2. The molecule has 0 fully saturated rings. The zero-order valence-electron chi connectivity index (χ0n) is 10.8. The molecule has 0 unspecified atom stereocenters. The van der Waals surface area contributed by atoms with Crippen molar-refractivity contribution in [2.45, 2.75) is 43.3 Å². The normalized spacial score (nSPS) is 13.1. The van der Waals surface area contributed by atoms with Crippen molar-refractivity contribution < 1.29 is 13.5 Å². The fourth-order valence-electron chi connectivity index (χ4n) is 1.44. The van der Waals surface area contributed by atoms with E-state index in [4.69, 9.17) is 5.11 Å². The summed E-state index contributed by atoms with van der Waals surface area (Å²) in [6.45, 7) is 6.78. The van der Waals surface area contributed by atoms with Gasteiger partial charge in [-0.2, -0.15) is 0 Å². The van der Waals surface area contributed by atoms with Crippen molar-refractivity contribution >= 4 is 9.84 Å². The van der Waals surface area contributed by atoms with Gasteiger partial charge in [-0.05, 0) is 37.5 Å². The molecule has 0 aliphatic carbocycles. The van der Waals surface area contributed by atoms with Crippen LogP contribution in [0.15, 0.2) is 29.2 Å². The Morgan fingerprint density at radius 3 is 2.00 bits per heavy atom. The third kappa shape index (κ3) is 2.69. The molecule has 0 aliphatic rings. The summed E-state index contributed by atoms with van der Waals surface area (Å²) in [5.41, 5.74) is 1.10. The lowest BCUT2D eigenvalue weighted by Gasteiger charge is -2.22. The zero-order valence-corrected chi connectivity index (χ0v) is 11.6. The van der Waals surface area contributed by atoms with Crippen LogP contribution in [0.1, 0.15) is 39.2 Å². The summed E-state index contributed by atoms with van der Waals surface area (Å²) in [7, 11) is -3.48. The van der Waals surface area contributed by atoms with Gasteiger partial charge in [-0.3, -0.25) is 0 Å². The highest BCUT2D eigenvalue weighted by Gasteiger charge is 2.34. The van der Waals surface area contributed by atoms with Gasteiger partial charge < -0.3 is 5.11 Å². The molecule has 0 amide bonds. The summed E-state index contributed by atoms with van der Waals surface area (Å²) >= 11 is 0. The number of sulfone groups is 1. The Morgan fingerprint density at radius 1 is 1.18 bits per heavy atom. The number of rotatable bonds is 4. The van der Waals surface area contributed by atoms with E-state index in [1.807, 2.05) is 12.1 Å². The molecule has 0 aliphatic heterocycles. The molecule has 1 aromatic carbocycles. The van der Waals surface area contributed by atoms with Gasteiger partial charge >= 0.3 is 0 Å². The number of aliphatic hydroxyl groups excluding tert-OH is 1. The van der Waals surface area contributed by atoms with Crippen molar-refractivity contribution in [1.29, 1.82) is 0 Å². The molecule has 4 heteroatoms. The molecule has 0 radical (unpaired) electrons. The van der Waals surface area contributed by atoms with Gasteiger partial charge in [0, 0.05) is 0 Å². The molecular weight excluding hydrogens is 236 g/mol. The summed E-state index contributed by atoms with van der Waals surface area (Å²) in [6.07, 6.45) is 0. The molecule has 0 heterocycles. The molecule has 17 heavy (non-hydrogen) atoms. The van der Waals surface area contributed by atoms with E-state index in [-0.39, 0.29) is 11.5 Å². The van der Waals surface area contributed by atoms with Gasteiger partial charge in [0.2, 0.25) is 0 Å². The number of benzene rings is 1. The van der Waals surface area contributed by atoms with Gasteiger partial charge in [0.15, 0.2) is 9.84 Å². The summed E-state index contributed by atoms with van der Waals surface area (Å²) in [5, 5.41) is 9.15. The zero-order chi connectivity index (χ0) is 13.3. The molecule has 0 bridgehead atoms. The Bertz CT molecular complexity index is 470. The first-order chi connectivity index (χ1) is 7.72. The van der Waals surface area contributed by atoms with E-state index < -0.39 is 14.6 Å². The Hall–Kier alpha value is -0.870. The Balaban J connectivity index is 3.18. The van der Waals surface area contributed by atoms with Gasteiger partial charge in [0.1, 0.15) is 0 Å². The van der Waals surface area contributed by atoms with Crippen molar-refractivity contribution in [3.63, 3.8) is 0 Å². The Labute approximate surface area is 103 Å². The minimum atomic E-state index is -3.48. The van der Waals surface area contributed by atoms with Crippen LogP contribution in [0, 0.1) is 0 Å². The van der Waals surface area contributed by atoms with Gasteiger partial charge in [-0.25, -0.2) is 8.42 Å². The second kappa shape index (κ2) is 4.78. The first-order valence-corrected chi connectivity index (χ1v) is 7.16. The topological polar surface area (TPSA) is 54.4 Å². The average molecular weight is 256 g/mol. The predicted octanol–water partition coefficient (Wildman–Crippen LogP) is 2.35. The van der Waals surface area contributed by atoms with Crippen molar-refractivity contribution in [3.8, 4) is 0 Å². The van der Waals surface area contributed by atoms with Crippen LogP contribution in [-0.2, 0) is 9.84 Å². The smallest absolute Gasteiger partial charge is 0.185 e. The van der Waals surface area contributed by atoms with Crippen molar-refractivity contribution in [3.05, 3.63) is 29.8 Å². The predicted molar refractivity (Wildman–Crippen MR) is 68.9 cm³/mol. The van der Waals surface area contributed by atoms with E-state index in [0.29, 0.717) is 5.92 Å². The molecular formula is C13H20O3S. The van der Waals surface area contributed by atoms with Crippen LogP contribution in [0.3, 0.4) is 0 Å². The highest BCUT2D eigenvalue weighted by molar-refractivity contribution is 7.92. The second-order valence-electron chi connectivity index (χ2n) is 5.14. The monoisotopic (exact) mass is 256 g/mol. The van der Waals surface area contributed by atoms with E-state index in [1.165, 1.54) is 13.8 Å². The Morgan fingerprint density at radius 2 is 1.65 bits per heavy atom. The van der Waals surface area contributed by atoms with Gasteiger partial charge in [0.05, 0.1) is 16.2 Å². The lowest BCUT2D eigenvalue weighted by molar-refractivity contribution is 0.258. The summed E-state index contributed by atoms with van der Waals surface area (Å²) < 4.78 is 23.3. The SMILES string of the molecule is CC(C)c1ccc(S(=O)(=O)C(C)(C)CO)cc1. The highest BCUT2D eigenvalue weighted by atomic mass is 32.2. The van der Waals surface area contributed by atoms with Crippen LogP contribution in [0.25, 0.3) is 0 Å². The maximum absolute atomic E-state index is 12.2. The van der Waals surface area contributed by atoms with Crippen LogP contribution in [0.5, 0.6) is 0 Å². The third-order valence-electron chi connectivity index (χ3n) is 2.97. The lowest BCUT2D eigenvalue weighted by atomic mass is 10.0. The minimum absolute atomic E-state index is 0.265. The van der Waals surface area contributed by atoms with E-state index >= 15 is 0 Å². The van der Waals surface area contributed by atoms with Gasteiger partial charge in [-0.1, -0.05) is 26.0 Å². The number of hydrogen-bond acceptors (Lipinski definition) is 3. The Kier molecular flexibility index (Phi) is 3.99. The fourth-order valence-corrected chi connectivity index (χ4v) is 2.74. The molecule has 1 rings (SSSR count). The van der Waals surface area contributed by atoms with Crippen molar-refractivity contribution in [2.24, 2.45) is 0 Å². The molecule has 1 N–H and O–H groups in total. The van der Waals surface area contributed by atoms with Crippen LogP contribution in [0.2, 0.25) is 0 Å². The summed E-state index contributed by atoms with van der Waals surface area (Å²) in [4.78, 5) is 0.265. The van der Waals surface area contributed by atoms with Crippen molar-refractivity contribution in [1.82, 2.24) is 0 Å². The molecule has 3 nitrogen and oxygen atoms in total. The molecule has 0 spiro atoms. The van der Waals surface area contributed by atoms with Crippen molar-refractivity contribution in [2.75, 3.05) is 6.61 Å². The highest BCUT2D eigenvalue weighted by Crippen LogP contribution is 2.26. The summed E-state index contributed by atoms with van der Waals surface area (Å²) in [6, 6.07) is 6.88. The number of hydrogen-bond donors (Lipinski definition) is 1. The fraction of sp³-hybridized carbons (Fsp3) is 0.538. The molecule has 0 atom stereocenters. The van der Waals surface area contributed by atoms with Gasteiger partial charge in [-0.15, -0.1) is 0 Å². The average Bonchev–Trinajstić information content (AvgIpc) is 2.28. The van der Waals surface area contributed by atoms with Crippen LogP contribution in [0.4, 0.5) is 0 Å². The molecule has 0 aromatic heterocycles. The van der Waals surface area contributed by atoms with E-state index in [9.17, 15) is 8.42 Å². The van der Waals surface area contributed by atoms with Crippen LogP contribution < -0.4 is 0 Å². The minimum Gasteiger partial charge on any atom is -0.395 e. The van der Waals surface area contributed by atoms with E-state index in [1.54, 1.807) is 12.1 Å². The molecule has 96 valence electrons. The quantitative estimate of drug-likeness (QED) is 0.899. The van der Waals surface area contributed by atoms with E-state index in [2.05, 4.69) is 13.8 Å². The number of aliphatic hydroxyl groups is 1. The van der Waals surface area contributed by atoms with E-state index in [0.717, 1.165) is 5.56 Å². The maximum atomic E-state index is 12.2. The molecule has 1 aromatic rings. The first-order valence-electron chi connectivity index (χ1n) is 5.68. The maximum Gasteiger partial charge on any atom is 0.185 e. The largest absolute Gasteiger partial charge is 0.395 e. The van der Waals surface area contributed by atoms with Gasteiger partial charge in [0.25, 0.3) is 0 Å². The standard InChI is InChI=1S/C13H20O3S/c1-10(2)11-5-7-12(8-6-11)17(15,16)13(3,4)9-14/h5-8,10,14H,9H2,1-4H3. The molecule has 0 saturated heterocycles. The molecule has 0 saturated carbocycles. The lowest BCUT2D eigenvalue weighted by Crippen LogP contribution is -2.35. The van der Waals surface area contributed by atoms with Crippen LogP contribution in [-0.4, -0.2) is 24.9 Å². The second-order valence-corrected chi connectivity index (χ2v) is 7.73. The van der Waals surface area contributed by atoms with Crippen LogP contribution >= 0.6 is 0 Å².